The third-order valence-corrected chi connectivity index (χ3v) is 6.30. The lowest BCUT2D eigenvalue weighted by atomic mass is 10.2. The lowest BCUT2D eigenvalue weighted by molar-refractivity contribution is -0.625. The molecule has 0 aliphatic rings. The Balaban J connectivity index is 1.47. The molecule has 0 spiro atoms. The zero-order chi connectivity index (χ0) is 26.9. The third-order valence-electron chi connectivity index (χ3n) is 5.11. The molecule has 0 bridgehead atoms. The lowest BCUT2D eigenvalue weighted by Gasteiger charge is -2.09. The Morgan fingerprint density at radius 2 is 1.87 bits per heavy atom. The molecule has 4 aromatic rings. The molecule has 0 atom stereocenters. The van der Waals surface area contributed by atoms with Gasteiger partial charge in [-0.2, -0.15) is 9.67 Å². The van der Waals surface area contributed by atoms with Crippen molar-refractivity contribution < 1.29 is 28.7 Å². The Morgan fingerprint density at radius 1 is 1.13 bits per heavy atom. The quantitative estimate of drug-likeness (QED) is 0.127. The van der Waals surface area contributed by atoms with Gasteiger partial charge in [0.05, 0.1) is 35.7 Å². The van der Waals surface area contributed by atoms with Crippen molar-refractivity contribution in [3.05, 3.63) is 83.4 Å². The SMILES string of the molecule is COc1ccc(-c2[nH]nc(SCC(=O)NN=Cc3ccccc3OCC(=O)[O-])[n+]2-c2ccc(Cl)cc2)cc1. The van der Waals surface area contributed by atoms with Crippen molar-refractivity contribution in [2.75, 3.05) is 19.5 Å². The normalized spacial score (nSPS) is 10.9. The summed E-state index contributed by atoms with van der Waals surface area (Å²) in [5, 5.41) is 23.3. The van der Waals surface area contributed by atoms with Gasteiger partial charge in [-0.1, -0.05) is 23.7 Å². The average molecular weight is 552 g/mol. The van der Waals surface area contributed by atoms with E-state index in [1.165, 1.54) is 18.0 Å². The summed E-state index contributed by atoms with van der Waals surface area (Å²) in [6.45, 7) is -0.594. The van der Waals surface area contributed by atoms with Crippen molar-refractivity contribution in [3.63, 3.8) is 0 Å². The van der Waals surface area contributed by atoms with Crippen molar-refractivity contribution >= 4 is 41.5 Å². The van der Waals surface area contributed by atoms with Crippen LogP contribution in [-0.2, 0) is 9.59 Å². The highest BCUT2D eigenvalue weighted by Crippen LogP contribution is 2.23. The number of hydrogen-bond acceptors (Lipinski definition) is 8. The number of carboxylic acids is 1. The maximum absolute atomic E-state index is 12.5. The Kier molecular flexibility index (Phi) is 8.96. The maximum Gasteiger partial charge on any atom is 0.342 e. The van der Waals surface area contributed by atoms with Crippen molar-refractivity contribution in [2.24, 2.45) is 5.10 Å². The highest BCUT2D eigenvalue weighted by Gasteiger charge is 2.24. The molecule has 194 valence electrons. The van der Waals surface area contributed by atoms with E-state index in [0.29, 0.717) is 27.3 Å². The number of ether oxygens (including phenoxy) is 2. The number of carbonyl (C=O) groups is 2. The van der Waals surface area contributed by atoms with Crippen molar-refractivity contribution in [1.82, 2.24) is 15.6 Å². The monoisotopic (exact) mass is 551 g/mol. The van der Waals surface area contributed by atoms with Crippen molar-refractivity contribution in [2.45, 2.75) is 5.16 Å². The van der Waals surface area contributed by atoms with E-state index in [0.717, 1.165) is 17.0 Å². The smallest absolute Gasteiger partial charge is 0.342 e. The number of aliphatic carboxylic acids is 1. The van der Waals surface area contributed by atoms with Gasteiger partial charge in [-0.15, -0.1) is 5.10 Å². The minimum Gasteiger partial charge on any atom is -0.546 e. The second-order valence-corrected chi connectivity index (χ2v) is 9.05. The molecule has 38 heavy (non-hydrogen) atoms. The highest BCUT2D eigenvalue weighted by atomic mass is 35.5. The Labute approximate surface area is 227 Å². The first-order valence-corrected chi connectivity index (χ1v) is 12.6. The Hall–Kier alpha value is -4.35. The minimum absolute atomic E-state index is 0.0284. The molecule has 4 rings (SSSR count). The van der Waals surface area contributed by atoms with Crippen LogP contribution in [-0.4, -0.2) is 47.8 Å². The van der Waals surface area contributed by atoms with E-state index in [-0.39, 0.29) is 11.7 Å². The van der Waals surface area contributed by atoms with E-state index in [4.69, 9.17) is 21.1 Å². The van der Waals surface area contributed by atoms with Gasteiger partial charge in [-0.3, -0.25) is 4.79 Å². The van der Waals surface area contributed by atoms with Crippen LogP contribution in [0.25, 0.3) is 17.1 Å². The number of nitrogens with zero attached hydrogens (tertiary/aromatic N) is 3. The number of methoxy groups -OCH3 is 1. The van der Waals surface area contributed by atoms with Crippen LogP contribution < -0.4 is 24.6 Å². The summed E-state index contributed by atoms with van der Waals surface area (Å²) in [5.74, 6) is 0.0640. The zero-order valence-corrected chi connectivity index (χ0v) is 21.7. The van der Waals surface area contributed by atoms with Gasteiger partial charge in [-0.05, 0) is 72.4 Å². The molecule has 0 fully saturated rings. The summed E-state index contributed by atoms with van der Waals surface area (Å²) in [7, 11) is 1.60. The van der Waals surface area contributed by atoms with E-state index >= 15 is 0 Å². The van der Waals surface area contributed by atoms with E-state index in [9.17, 15) is 14.7 Å². The van der Waals surface area contributed by atoms with Gasteiger partial charge < -0.3 is 19.4 Å². The first-order valence-electron chi connectivity index (χ1n) is 11.2. The van der Waals surface area contributed by atoms with E-state index in [2.05, 4.69) is 20.7 Å². The number of aromatic amines is 1. The number of hydrazone groups is 1. The molecule has 2 N–H and O–H groups in total. The first-order chi connectivity index (χ1) is 18.4. The second kappa shape index (κ2) is 12.7. The van der Waals surface area contributed by atoms with Crippen LogP contribution in [0.2, 0.25) is 5.02 Å². The molecule has 1 heterocycles. The number of carbonyl (C=O) groups excluding carboxylic acids is 2. The summed E-state index contributed by atoms with van der Waals surface area (Å²) < 4.78 is 12.3. The second-order valence-electron chi connectivity index (χ2n) is 7.68. The van der Waals surface area contributed by atoms with Gasteiger partial charge in [0.15, 0.2) is 0 Å². The summed E-state index contributed by atoms with van der Waals surface area (Å²) in [6, 6.07) is 21.5. The van der Waals surface area contributed by atoms with Crippen LogP contribution in [0.4, 0.5) is 0 Å². The molecule has 1 amide bonds. The fourth-order valence-electron chi connectivity index (χ4n) is 3.36. The van der Waals surface area contributed by atoms with Gasteiger partial charge in [0.2, 0.25) is 0 Å². The molecule has 0 saturated carbocycles. The van der Waals surface area contributed by atoms with Gasteiger partial charge in [0.25, 0.3) is 11.7 Å². The van der Waals surface area contributed by atoms with Crippen LogP contribution in [0.1, 0.15) is 5.56 Å². The van der Waals surface area contributed by atoms with E-state index < -0.39 is 12.6 Å². The Bertz CT molecular complexity index is 1440. The van der Waals surface area contributed by atoms with Crippen LogP contribution in [0.5, 0.6) is 11.5 Å². The molecule has 1 aromatic heterocycles. The number of H-pyrrole nitrogens is 1. The maximum atomic E-state index is 12.5. The first kappa shape index (κ1) is 26.7. The van der Waals surface area contributed by atoms with Gasteiger partial charge >= 0.3 is 5.16 Å². The summed E-state index contributed by atoms with van der Waals surface area (Å²) in [6.07, 6.45) is 1.37. The van der Waals surface area contributed by atoms with E-state index in [1.807, 2.05) is 41.0 Å². The van der Waals surface area contributed by atoms with Crippen molar-refractivity contribution in [1.29, 1.82) is 0 Å². The topological polar surface area (TPSA) is 133 Å². The number of nitrogens with one attached hydrogen (secondary N) is 2. The molecule has 10 nitrogen and oxygen atoms in total. The van der Waals surface area contributed by atoms with Gasteiger partial charge in [0, 0.05) is 10.6 Å². The zero-order valence-electron chi connectivity index (χ0n) is 20.1. The predicted molar refractivity (Wildman–Crippen MR) is 141 cm³/mol. The fraction of sp³-hybridized carbons (Fsp3) is 0.115. The van der Waals surface area contributed by atoms with Gasteiger partial charge in [-0.25, -0.2) is 5.43 Å². The van der Waals surface area contributed by atoms with Crippen molar-refractivity contribution in [3.8, 4) is 28.6 Å². The van der Waals surface area contributed by atoms with Crippen LogP contribution in [0, 0.1) is 0 Å². The number of aromatic nitrogens is 3. The number of halogens is 1. The summed E-state index contributed by atoms with van der Waals surface area (Å²) in [4.78, 5) is 23.2. The third kappa shape index (κ3) is 6.90. The standard InChI is InChI=1S/C26H22ClN5O5S/c1-36-21-12-6-17(7-13-21)25-30-31-26(32(25)20-10-8-19(27)9-11-20)38-16-23(33)29-28-14-18-4-2-3-5-22(18)37-15-24(34)35/h2-14H,15-16H2,1H3,(H2,29,33,34,35). The number of carboxylic acid groups (broad SMARTS) is 1. The molecule has 12 heteroatoms. The van der Waals surface area contributed by atoms with E-state index in [1.54, 1.807) is 43.5 Å². The average Bonchev–Trinajstić information content (AvgIpc) is 3.35. The largest absolute Gasteiger partial charge is 0.546 e. The number of benzene rings is 3. The molecule has 0 unspecified atom stereocenters. The molecule has 3 aromatic carbocycles. The summed E-state index contributed by atoms with van der Waals surface area (Å²) in [5.41, 5.74) is 4.63. The number of hydrogen-bond donors (Lipinski definition) is 2. The predicted octanol–water partition coefficient (Wildman–Crippen LogP) is 2.39. The molecule has 0 radical (unpaired) electrons. The van der Waals surface area contributed by atoms with Crippen LogP contribution in [0.3, 0.4) is 0 Å². The molecule has 0 aliphatic heterocycles. The molecule has 0 aliphatic carbocycles. The molecular formula is C26H22ClN5O5S. The fourth-order valence-corrected chi connectivity index (χ4v) is 4.24. The number of thioether (sulfide) groups is 1. The molecular weight excluding hydrogens is 530 g/mol. The number of rotatable bonds is 11. The minimum atomic E-state index is -1.34. The number of para-hydroxylation sites is 1. The summed E-state index contributed by atoms with van der Waals surface area (Å²) >= 11 is 7.30. The highest BCUT2D eigenvalue weighted by molar-refractivity contribution is 7.99. The van der Waals surface area contributed by atoms with Crippen LogP contribution >= 0.6 is 23.4 Å². The van der Waals surface area contributed by atoms with Gasteiger partial charge in [0.1, 0.15) is 23.8 Å². The van der Waals surface area contributed by atoms with Crippen LogP contribution in [0.15, 0.2) is 83.1 Å². The molecule has 0 saturated heterocycles. The lowest BCUT2D eigenvalue weighted by Crippen LogP contribution is -2.34. The number of amides is 1. The Morgan fingerprint density at radius 3 is 2.58 bits per heavy atom.